The zero-order valence-electron chi connectivity index (χ0n) is 16.1. The maximum Gasteiger partial charge on any atom is 0.242 e. The number of anilines is 1. The first-order valence-corrected chi connectivity index (χ1v) is 11.0. The number of aryl methyl sites for hydroxylation is 1. The van der Waals surface area contributed by atoms with Gasteiger partial charge in [0.1, 0.15) is 10.7 Å². The van der Waals surface area contributed by atoms with Crippen molar-refractivity contribution in [1.29, 1.82) is 0 Å². The Balaban J connectivity index is 1.58. The van der Waals surface area contributed by atoms with Crippen LogP contribution >= 0.6 is 23.2 Å². The molecule has 29 heavy (non-hydrogen) atoms. The van der Waals surface area contributed by atoms with Crippen molar-refractivity contribution in [3.63, 3.8) is 0 Å². The van der Waals surface area contributed by atoms with E-state index >= 15 is 0 Å². The van der Waals surface area contributed by atoms with Gasteiger partial charge in [-0.2, -0.15) is 5.10 Å². The van der Waals surface area contributed by atoms with E-state index in [2.05, 4.69) is 25.3 Å². The third-order valence-corrected chi connectivity index (χ3v) is 6.60. The molecule has 154 valence electrons. The van der Waals surface area contributed by atoms with Crippen LogP contribution in [0.4, 0.5) is 5.82 Å². The second-order valence-corrected chi connectivity index (χ2v) is 8.96. The van der Waals surface area contributed by atoms with E-state index in [0.29, 0.717) is 23.2 Å². The van der Waals surface area contributed by atoms with Gasteiger partial charge in [-0.25, -0.2) is 17.8 Å². The van der Waals surface area contributed by atoms with E-state index in [1.165, 1.54) is 18.2 Å². The number of benzene rings is 1. The standard InChI is InChI=1S/C18H20Cl2N6O2S/c1-11-12(2)25-26(13(11)3)18-7-6-17(23-24-18)21-8-9-22-29(27,28)16-10-14(19)4-5-15(16)20/h4-7,10,22H,8-9H2,1-3H3,(H,21,23). The van der Waals surface area contributed by atoms with E-state index in [4.69, 9.17) is 23.2 Å². The minimum Gasteiger partial charge on any atom is -0.367 e. The van der Waals surface area contributed by atoms with Gasteiger partial charge in [0.2, 0.25) is 10.0 Å². The minimum absolute atomic E-state index is 0.0593. The Labute approximate surface area is 179 Å². The summed E-state index contributed by atoms with van der Waals surface area (Å²) in [5.74, 6) is 1.13. The molecule has 2 aromatic heterocycles. The van der Waals surface area contributed by atoms with Crippen LogP contribution in [0, 0.1) is 20.8 Å². The maximum atomic E-state index is 12.4. The van der Waals surface area contributed by atoms with Gasteiger partial charge in [0, 0.05) is 23.8 Å². The molecule has 0 radical (unpaired) electrons. The predicted octanol–water partition coefficient (Wildman–Crippen LogP) is 3.28. The van der Waals surface area contributed by atoms with Gasteiger partial charge in [-0.3, -0.25) is 0 Å². The van der Waals surface area contributed by atoms with Crippen LogP contribution in [0.25, 0.3) is 5.82 Å². The summed E-state index contributed by atoms with van der Waals surface area (Å²) in [5.41, 5.74) is 3.06. The van der Waals surface area contributed by atoms with Crippen molar-refractivity contribution in [2.75, 3.05) is 18.4 Å². The molecular formula is C18H20Cl2N6O2S. The van der Waals surface area contributed by atoms with Gasteiger partial charge < -0.3 is 5.32 Å². The first-order valence-electron chi connectivity index (χ1n) is 8.74. The highest BCUT2D eigenvalue weighted by molar-refractivity contribution is 7.89. The van der Waals surface area contributed by atoms with Crippen LogP contribution < -0.4 is 10.0 Å². The van der Waals surface area contributed by atoms with Gasteiger partial charge in [0.25, 0.3) is 0 Å². The maximum absolute atomic E-state index is 12.4. The summed E-state index contributed by atoms with van der Waals surface area (Å²) >= 11 is 11.8. The van der Waals surface area contributed by atoms with Crippen molar-refractivity contribution in [3.05, 3.63) is 57.3 Å². The summed E-state index contributed by atoms with van der Waals surface area (Å²) < 4.78 is 28.9. The van der Waals surface area contributed by atoms with E-state index in [0.717, 1.165) is 17.0 Å². The van der Waals surface area contributed by atoms with E-state index < -0.39 is 10.0 Å². The molecule has 0 atom stereocenters. The Hall–Kier alpha value is -2.20. The molecular weight excluding hydrogens is 435 g/mol. The molecule has 11 heteroatoms. The van der Waals surface area contributed by atoms with Crippen LogP contribution in [0.2, 0.25) is 10.0 Å². The molecule has 0 fully saturated rings. The van der Waals surface area contributed by atoms with Crippen molar-refractivity contribution in [1.82, 2.24) is 24.7 Å². The van der Waals surface area contributed by atoms with E-state index in [1.807, 2.05) is 20.8 Å². The Kier molecular flexibility index (Phi) is 6.42. The molecule has 3 rings (SSSR count). The molecule has 2 heterocycles. The minimum atomic E-state index is -3.77. The summed E-state index contributed by atoms with van der Waals surface area (Å²) in [5, 5.41) is 16.2. The zero-order chi connectivity index (χ0) is 21.2. The van der Waals surface area contributed by atoms with Gasteiger partial charge in [-0.15, -0.1) is 10.2 Å². The first-order chi connectivity index (χ1) is 13.7. The van der Waals surface area contributed by atoms with Gasteiger partial charge in [-0.1, -0.05) is 23.2 Å². The van der Waals surface area contributed by atoms with E-state index in [1.54, 1.807) is 16.8 Å². The van der Waals surface area contributed by atoms with Crippen molar-refractivity contribution in [2.45, 2.75) is 25.7 Å². The lowest BCUT2D eigenvalue weighted by Crippen LogP contribution is -2.29. The first kappa shape index (κ1) is 21.5. The largest absolute Gasteiger partial charge is 0.367 e. The van der Waals surface area contributed by atoms with Crippen molar-refractivity contribution >= 4 is 39.0 Å². The van der Waals surface area contributed by atoms with E-state index in [9.17, 15) is 8.42 Å². The van der Waals surface area contributed by atoms with Crippen LogP contribution in [0.3, 0.4) is 0 Å². The highest BCUT2D eigenvalue weighted by atomic mass is 35.5. The van der Waals surface area contributed by atoms with Gasteiger partial charge in [-0.05, 0) is 56.7 Å². The predicted molar refractivity (Wildman–Crippen MR) is 114 cm³/mol. The average molecular weight is 455 g/mol. The number of nitrogens with zero attached hydrogens (tertiary/aromatic N) is 4. The Bertz CT molecular complexity index is 1130. The number of rotatable bonds is 7. The molecule has 0 aliphatic heterocycles. The summed E-state index contributed by atoms with van der Waals surface area (Å²) in [6, 6.07) is 7.84. The van der Waals surface area contributed by atoms with Crippen LogP contribution in [0.5, 0.6) is 0 Å². The average Bonchev–Trinajstić information content (AvgIpc) is 2.95. The number of sulfonamides is 1. The SMILES string of the molecule is Cc1nn(-c2ccc(NCCNS(=O)(=O)c3cc(Cl)ccc3Cl)nn2)c(C)c1C. The van der Waals surface area contributed by atoms with Crippen LogP contribution in [0.1, 0.15) is 17.0 Å². The van der Waals surface area contributed by atoms with Gasteiger partial charge in [0.15, 0.2) is 5.82 Å². The fourth-order valence-electron chi connectivity index (χ4n) is 2.61. The molecule has 0 aliphatic carbocycles. The van der Waals surface area contributed by atoms with Gasteiger partial charge in [0.05, 0.1) is 10.7 Å². The monoisotopic (exact) mass is 454 g/mol. The molecule has 0 bridgehead atoms. The molecule has 1 aromatic carbocycles. The molecule has 3 aromatic rings. The molecule has 0 spiro atoms. The molecule has 0 saturated carbocycles. The molecule has 0 saturated heterocycles. The van der Waals surface area contributed by atoms with Gasteiger partial charge >= 0.3 is 0 Å². The Morgan fingerprint density at radius 3 is 2.41 bits per heavy atom. The number of halogens is 2. The summed E-state index contributed by atoms with van der Waals surface area (Å²) in [7, 11) is -3.77. The number of hydrogen-bond donors (Lipinski definition) is 2. The lowest BCUT2D eigenvalue weighted by atomic mass is 10.2. The lowest BCUT2D eigenvalue weighted by Gasteiger charge is -2.10. The van der Waals surface area contributed by atoms with Crippen molar-refractivity contribution in [3.8, 4) is 5.82 Å². The summed E-state index contributed by atoms with van der Waals surface area (Å²) in [6.07, 6.45) is 0. The van der Waals surface area contributed by atoms with E-state index in [-0.39, 0.29) is 16.5 Å². The smallest absolute Gasteiger partial charge is 0.242 e. The number of aromatic nitrogens is 4. The van der Waals surface area contributed by atoms with Crippen molar-refractivity contribution < 1.29 is 8.42 Å². The number of nitrogens with one attached hydrogen (secondary N) is 2. The normalized spacial score (nSPS) is 11.6. The van der Waals surface area contributed by atoms with Crippen LogP contribution in [-0.4, -0.2) is 41.5 Å². The van der Waals surface area contributed by atoms with Crippen LogP contribution in [0.15, 0.2) is 35.2 Å². The summed E-state index contributed by atoms with van der Waals surface area (Å²) in [6.45, 7) is 6.37. The lowest BCUT2D eigenvalue weighted by molar-refractivity contribution is 0.583. The molecule has 2 N–H and O–H groups in total. The highest BCUT2D eigenvalue weighted by Crippen LogP contribution is 2.24. The highest BCUT2D eigenvalue weighted by Gasteiger charge is 2.17. The second-order valence-electron chi connectivity index (χ2n) is 6.38. The Morgan fingerprint density at radius 2 is 1.79 bits per heavy atom. The Morgan fingerprint density at radius 1 is 1.03 bits per heavy atom. The van der Waals surface area contributed by atoms with Crippen molar-refractivity contribution in [2.24, 2.45) is 0 Å². The fraction of sp³-hybridized carbons (Fsp3) is 0.278. The molecule has 0 aliphatic rings. The third-order valence-electron chi connectivity index (χ3n) is 4.43. The number of hydrogen-bond acceptors (Lipinski definition) is 6. The fourth-order valence-corrected chi connectivity index (χ4v) is 4.41. The molecule has 8 nitrogen and oxygen atoms in total. The van der Waals surface area contributed by atoms with Crippen LogP contribution in [-0.2, 0) is 10.0 Å². The summed E-state index contributed by atoms with van der Waals surface area (Å²) in [4.78, 5) is -0.0593. The zero-order valence-corrected chi connectivity index (χ0v) is 18.4. The topological polar surface area (TPSA) is 102 Å². The second kappa shape index (κ2) is 8.66. The quantitative estimate of drug-likeness (QED) is 0.531. The third kappa shape index (κ3) is 4.87. The molecule has 0 amide bonds. The molecule has 0 unspecified atom stereocenters.